The molecule has 1 aromatic carbocycles. The van der Waals surface area contributed by atoms with Crippen molar-refractivity contribution in [1.29, 1.82) is 0 Å². The van der Waals surface area contributed by atoms with Gasteiger partial charge in [-0.1, -0.05) is 0 Å². The summed E-state index contributed by atoms with van der Waals surface area (Å²) in [5.74, 6) is 1.20. The Bertz CT molecular complexity index is 1920. The third-order valence-corrected chi connectivity index (χ3v) is 11.6. The second-order valence-corrected chi connectivity index (χ2v) is 15.1. The normalized spacial score (nSPS) is 25.2. The van der Waals surface area contributed by atoms with Gasteiger partial charge in [0.05, 0.1) is 22.9 Å². The first-order valence-corrected chi connectivity index (χ1v) is 18.0. The summed E-state index contributed by atoms with van der Waals surface area (Å²) in [5.41, 5.74) is 10.3. The summed E-state index contributed by atoms with van der Waals surface area (Å²) in [6, 6.07) is 9.42. The number of piperidine rings is 1. The van der Waals surface area contributed by atoms with Crippen LogP contribution in [0, 0.1) is 23.6 Å². The predicted molar refractivity (Wildman–Crippen MR) is 180 cm³/mol. The highest BCUT2D eigenvalue weighted by molar-refractivity contribution is 5.98. The minimum atomic E-state index is -0.411. The van der Waals surface area contributed by atoms with Gasteiger partial charge in [-0.25, -0.2) is 14.4 Å². The van der Waals surface area contributed by atoms with Crippen molar-refractivity contribution in [3.05, 3.63) is 47.4 Å². The number of ether oxygens (including phenoxy) is 1. The molecule has 9 rings (SSSR count). The average Bonchev–Trinajstić information content (AvgIpc) is 4.00. The van der Waals surface area contributed by atoms with Crippen molar-refractivity contribution >= 4 is 33.9 Å². The van der Waals surface area contributed by atoms with Crippen LogP contribution in [0.3, 0.4) is 0 Å². The molecule has 252 valence electrons. The maximum atomic E-state index is 16.2. The number of halogens is 1. The number of pyridine rings is 1. The molecule has 3 aromatic heterocycles. The van der Waals surface area contributed by atoms with Crippen molar-refractivity contribution < 1.29 is 18.7 Å². The molecule has 3 N–H and O–H groups in total. The van der Waals surface area contributed by atoms with Gasteiger partial charge in [-0.05, 0) is 107 Å². The summed E-state index contributed by atoms with van der Waals surface area (Å²) in [6.07, 6.45) is 8.67. The summed E-state index contributed by atoms with van der Waals surface area (Å²) in [4.78, 5) is 38.9. The zero-order valence-corrected chi connectivity index (χ0v) is 27.5. The van der Waals surface area contributed by atoms with Crippen molar-refractivity contribution in [1.82, 2.24) is 29.3 Å². The van der Waals surface area contributed by atoms with Crippen LogP contribution >= 0.6 is 0 Å². The first-order valence-electron chi connectivity index (χ1n) is 18.0. The van der Waals surface area contributed by atoms with E-state index in [1.807, 2.05) is 17.9 Å². The van der Waals surface area contributed by atoms with Crippen LogP contribution in [0.2, 0.25) is 0 Å². The number of nitrogens with one attached hydrogen (secondary N) is 1. The Morgan fingerprint density at radius 3 is 2.58 bits per heavy atom. The lowest BCUT2D eigenvalue weighted by atomic mass is 9.94. The van der Waals surface area contributed by atoms with Crippen molar-refractivity contribution in [2.24, 2.45) is 23.5 Å². The van der Waals surface area contributed by atoms with E-state index >= 15 is 4.39 Å². The Balaban J connectivity index is 1.09. The summed E-state index contributed by atoms with van der Waals surface area (Å²) < 4.78 is 26.0. The molecule has 10 nitrogen and oxygen atoms in total. The number of nitrogens with zero attached hydrogens (tertiary/aromatic N) is 5. The molecule has 48 heavy (non-hydrogen) atoms. The zero-order chi connectivity index (χ0) is 32.7. The van der Waals surface area contributed by atoms with E-state index in [4.69, 9.17) is 20.4 Å². The van der Waals surface area contributed by atoms with Gasteiger partial charge in [0.25, 0.3) is 5.91 Å². The molecule has 3 aliphatic carbocycles. The number of carbonyl (C=O) groups is 2. The fourth-order valence-corrected chi connectivity index (χ4v) is 8.45. The van der Waals surface area contributed by atoms with Crippen LogP contribution in [0.15, 0.2) is 30.3 Å². The number of aromatic nitrogens is 4. The van der Waals surface area contributed by atoms with Gasteiger partial charge in [-0.2, -0.15) is 0 Å². The Morgan fingerprint density at radius 1 is 1.02 bits per heavy atom. The van der Waals surface area contributed by atoms with Crippen LogP contribution in [-0.4, -0.2) is 67.7 Å². The van der Waals surface area contributed by atoms with Gasteiger partial charge in [0, 0.05) is 61.3 Å². The monoisotopic (exact) mass is 653 g/mol. The maximum absolute atomic E-state index is 16.2. The third-order valence-electron chi connectivity index (χ3n) is 11.6. The summed E-state index contributed by atoms with van der Waals surface area (Å²) >= 11 is 0. The molecule has 2 amide bonds. The Kier molecular flexibility index (Phi) is 7.34. The number of carbonyl (C=O) groups excluding carboxylic acids is 2. The van der Waals surface area contributed by atoms with Crippen LogP contribution in [0.4, 0.5) is 4.39 Å². The van der Waals surface area contributed by atoms with E-state index in [0.717, 1.165) is 92.6 Å². The number of likely N-dealkylation sites (tertiary alicyclic amines) is 1. The van der Waals surface area contributed by atoms with E-state index in [9.17, 15) is 9.59 Å². The van der Waals surface area contributed by atoms with Gasteiger partial charge in [0.2, 0.25) is 5.91 Å². The minimum Gasteiger partial charge on any atom is -0.381 e. The highest BCUT2D eigenvalue weighted by Gasteiger charge is 2.41. The molecule has 0 radical (unpaired) electrons. The lowest BCUT2D eigenvalue weighted by molar-refractivity contribution is -0.128. The number of hydrogen-bond acceptors (Lipinski definition) is 6. The van der Waals surface area contributed by atoms with Gasteiger partial charge in [0.1, 0.15) is 17.0 Å². The molecule has 4 aromatic rings. The lowest BCUT2D eigenvalue weighted by Crippen LogP contribution is -2.51. The second kappa shape index (κ2) is 11.7. The molecule has 11 heteroatoms. The Hall–Kier alpha value is -3.83. The van der Waals surface area contributed by atoms with Gasteiger partial charge in [0.15, 0.2) is 5.82 Å². The second-order valence-electron chi connectivity index (χ2n) is 15.1. The molecule has 5 heterocycles. The van der Waals surface area contributed by atoms with Gasteiger partial charge < -0.3 is 29.8 Å². The molecule has 3 saturated carbocycles. The Morgan fingerprint density at radius 2 is 1.81 bits per heavy atom. The molecule has 2 bridgehead atoms. The predicted octanol–water partition coefficient (Wildman–Crippen LogP) is 5.49. The molecule has 2 aliphatic heterocycles. The van der Waals surface area contributed by atoms with Gasteiger partial charge in [-0.3, -0.25) is 9.59 Å². The average molecular weight is 654 g/mol. The van der Waals surface area contributed by atoms with Crippen LogP contribution in [0.25, 0.3) is 33.6 Å². The minimum absolute atomic E-state index is 0.0317. The molecule has 0 spiro atoms. The number of fused-ring (bicyclic) bond motifs is 4. The SMILES string of the molecule is C[C@@H](NC(=O)C1CCOCC1)c1ccc2cc(-c3nc4cc(C(=O)N5C[C@H](N)[C@@H]6CC[C@H]5C6)cc(F)c4n3C3CC3)n(CC3CC3)c2n1. The largest absolute Gasteiger partial charge is 0.381 e. The molecule has 5 aliphatic rings. The van der Waals surface area contributed by atoms with E-state index in [1.165, 1.54) is 6.07 Å². The number of rotatable bonds is 8. The summed E-state index contributed by atoms with van der Waals surface area (Å²) in [7, 11) is 0. The molecular formula is C37H44FN7O3. The smallest absolute Gasteiger partial charge is 0.254 e. The van der Waals surface area contributed by atoms with E-state index in [2.05, 4.69) is 26.6 Å². The fraction of sp³-hybridized carbons (Fsp3) is 0.568. The zero-order valence-electron chi connectivity index (χ0n) is 27.5. The number of benzene rings is 1. The number of amides is 2. The molecule has 5 fully saturated rings. The maximum Gasteiger partial charge on any atom is 0.254 e. The molecule has 4 atom stereocenters. The van der Waals surface area contributed by atoms with Crippen LogP contribution < -0.4 is 11.1 Å². The van der Waals surface area contributed by atoms with Crippen LogP contribution in [0.5, 0.6) is 0 Å². The van der Waals surface area contributed by atoms with Gasteiger partial charge in [-0.15, -0.1) is 0 Å². The van der Waals surface area contributed by atoms with Crippen LogP contribution in [0.1, 0.15) is 92.8 Å². The van der Waals surface area contributed by atoms with E-state index < -0.39 is 5.82 Å². The third kappa shape index (κ3) is 5.30. The molecule has 2 saturated heterocycles. The number of hydrogen-bond donors (Lipinski definition) is 2. The molecular weight excluding hydrogens is 609 g/mol. The first kappa shape index (κ1) is 30.2. The summed E-state index contributed by atoms with van der Waals surface area (Å²) in [6.45, 7) is 4.54. The fourth-order valence-electron chi connectivity index (χ4n) is 8.45. The topological polar surface area (TPSA) is 120 Å². The summed E-state index contributed by atoms with van der Waals surface area (Å²) in [5, 5.41) is 4.17. The lowest BCUT2D eigenvalue weighted by Gasteiger charge is -2.37. The van der Waals surface area contributed by atoms with Gasteiger partial charge >= 0.3 is 0 Å². The van der Waals surface area contributed by atoms with Crippen molar-refractivity contribution in [2.75, 3.05) is 19.8 Å². The highest BCUT2D eigenvalue weighted by Crippen LogP contribution is 2.44. The molecule has 0 unspecified atom stereocenters. The van der Waals surface area contributed by atoms with E-state index in [1.54, 1.807) is 6.07 Å². The van der Waals surface area contributed by atoms with Crippen molar-refractivity contribution in [3.8, 4) is 11.5 Å². The standard InChI is InChI=1S/C37H44FN7O3/c1-20(40-36(46)22-10-12-48-13-11-22)30-9-5-24-17-32(44(34(24)41-30)18-21-2-3-21)35-42-31-16-25(15-28(38)33(31)45(35)26-7-8-26)37(47)43-19-29(39)23-4-6-27(43)14-23/h5,9,15-17,20-23,26-27,29H,2-4,6-8,10-14,18-19,39H2,1H3,(H,40,46)/t20-,23-,27+,29+/m1/s1. The van der Waals surface area contributed by atoms with Crippen molar-refractivity contribution in [2.45, 2.75) is 95.4 Å². The van der Waals surface area contributed by atoms with Crippen LogP contribution in [-0.2, 0) is 16.1 Å². The highest BCUT2D eigenvalue weighted by atomic mass is 19.1. The van der Waals surface area contributed by atoms with E-state index in [-0.39, 0.29) is 41.9 Å². The Labute approximate surface area is 279 Å². The number of nitrogens with two attached hydrogens (primary N) is 1. The van der Waals surface area contributed by atoms with Crippen molar-refractivity contribution in [3.63, 3.8) is 0 Å². The van der Waals surface area contributed by atoms with E-state index in [0.29, 0.717) is 48.2 Å². The quantitative estimate of drug-likeness (QED) is 0.260. The number of imidazole rings is 1. The first-order chi connectivity index (χ1) is 23.3.